The second-order valence-corrected chi connectivity index (χ2v) is 7.23. The van der Waals surface area contributed by atoms with E-state index in [1.54, 1.807) is 13.2 Å². The van der Waals surface area contributed by atoms with Gasteiger partial charge >= 0.3 is 0 Å². The van der Waals surface area contributed by atoms with Crippen molar-refractivity contribution < 1.29 is 13.9 Å². The van der Waals surface area contributed by atoms with Crippen LogP contribution in [0.25, 0.3) is 17.2 Å². The average molecular weight is 412 g/mol. The number of methoxy groups -OCH3 is 1. The predicted molar refractivity (Wildman–Crippen MR) is 123 cm³/mol. The Morgan fingerprint density at radius 3 is 2.48 bits per heavy atom. The fourth-order valence-corrected chi connectivity index (χ4v) is 3.27. The highest BCUT2D eigenvalue weighted by atomic mass is 16.5. The van der Waals surface area contributed by atoms with Crippen molar-refractivity contribution in [3.8, 4) is 5.75 Å². The predicted octanol–water partition coefficient (Wildman–Crippen LogP) is 5.64. The lowest BCUT2D eigenvalue weighted by molar-refractivity contribution is -0.111. The summed E-state index contributed by atoms with van der Waals surface area (Å²) < 4.78 is 11.0. The van der Waals surface area contributed by atoms with Crippen LogP contribution in [0.3, 0.4) is 0 Å². The molecular weight excluding hydrogens is 388 g/mol. The van der Waals surface area contributed by atoms with Crippen LogP contribution >= 0.6 is 0 Å². The number of carbonyl (C=O) groups is 1. The lowest BCUT2D eigenvalue weighted by atomic mass is 10.1. The molecule has 1 heterocycles. The molecule has 31 heavy (non-hydrogen) atoms. The first kappa shape index (κ1) is 20.4. The molecule has 0 saturated heterocycles. The summed E-state index contributed by atoms with van der Waals surface area (Å²) in [6, 6.07) is 21.3. The number of benzene rings is 3. The molecule has 156 valence electrons. The quantitative estimate of drug-likeness (QED) is 0.399. The Morgan fingerprint density at radius 2 is 1.77 bits per heavy atom. The molecule has 0 saturated carbocycles. The summed E-state index contributed by atoms with van der Waals surface area (Å²) >= 11 is 0. The SMILES string of the molecule is CCc1ccc2oc(Cc3ccc(NC(=O)/C=C/c4ccc(OC)cc4)cc3)nc2c1. The first-order chi connectivity index (χ1) is 15.1. The van der Waals surface area contributed by atoms with E-state index in [1.165, 1.54) is 11.6 Å². The molecule has 4 rings (SSSR count). The number of aromatic nitrogens is 1. The molecule has 0 spiro atoms. The lowest BCUT2D eigenvalue weighted by Gasteiger charge is -2.04. The van der Waals surface area contributed by atoms with Crippen molar-refractivity contribution in [2.24, 2.45) is 0 Å². The van der Waals surface area contributed by atoms with E-state index in [0.717, 1.165) is 40.1 Å². The van der Waals surface area contributed by atoms with Crippen LogP contribution in [0.5, 0.6) is 5.75 Å². The van der Waals surface area contributed by atoms with E-state index in [9.17, 15) is 4.79 Å². The molecule has 0 bridgehead atoms. The second kappa shape index (κ2) is 9.30. The molecule has 0 unspecified atom stereocenters. The number of fused-ring (bicyclic) bond motifs is 1. The minimum atomic E-state index is -0.186. The average Bonchev–Trinajstić information content (AvgIpc) is 3.20. The summed E-state index contributed by atoms with van der Waals surface area (Å²) in [6.45, 7) is 2.12. The second-order valence-electron chi connectivity index (χ2n) is 7.23. The molecule has 3 aromatic carbocycles. The lowest BCUT2D eigenvalue weighted by Crippen LogP contribution is -2.07. The van der Waals surface area contributed by atoms with Crippen molar-refractivity contribution >= 4 is 28.8 Å². The maximum Gasteiger partial charge on any atom is 0.248 e. The van der Waals surface area contributed by atoms with Gasteiger partial charge in [-0.05, 0) is 65.6 Å². The Labute approximate surface area is 181 Å². The third-order valence-electron chi connectivity index (χ3n) is 5.02. The van der Waals surface area contributed by atoms with Crippen molar-refractivity contribution in [2.75, 3.05) is 12.4 Å². The maximum absolute atomic E-state index is 12.2. The van der Waals surface area contributed by atoms with Crippen molar-refractivity contribution in [3.05, 3.63) is 95.4 Å². The highest BCUT2D eigenvalue weighted by Crippen LogP contribution is 2.20. The number of nitrogens with zero attached hydrogens (tertiary/aromatic N) is 1. The number of hydrogen-bond acceptors (Lipinski definition) is 4. The zero-order valence-electron chi connectivity index (χ0n) is 17.6. The van der Waals surface area contributed by atoms with Crippen LogP contribution < -0.4 is 10.1 Å². The van der Waals surface area contributed by atoms with Gasteiger partial charge in [-0.25, -0.2) is 4.98 Å². The Hall–Kier alpha value is -3.86. The Kier molecular flexibility index (Phi) is 6.13. The summed E-state index contributed by atoms with van der Waals surface area (Å²) in [5, 5.41) is 2.87. The van der Waals surface area contributed by atoms with Crippen LogP contribution in [-0.4, -0.2) is 18.0 Å². The molecule has 0 radical (unpaired) electrons. The van der Waals surface area contributed by atoms with Crippen LogP contribution in [0, 0.1) is 0 Å². The van der Waals surface area contributed by atoms with Gasteiger partial charge in [0.05, 0.1) is 7.11 Å². The number of nitrogens with one attached hydrogen (secondary N) is 1. The van der Waals surface area contributed by atoms with Gasteiger partial charge in [0, 0.05) is 18.2 Å². The molecule has 0 fully saturated rings. The van der Waals surface area contributed by atoms with E-state index in [1.807, 2.05) is 54.6 Å². The third kappa shape index (κ3) is 5.20. The van der Waals surface area contributed by atoms with E-state index in [-0.39, 0.29) is 5.91 Å². The molecule has 1 amide bonds. The van der Waals surface area contributed by atoms with E-state index in [0.29, 0.717) is 12.3 Å². The molecular formula is C26H24N2O3. The van der Waals surface area contributed by atoms with Gasteiger partial charge < -0.3 is 14.5 Å². The number of rotatable bonds is 7. The number of carbonyl (C=O) groups excluding carboxylic acids is 1. The van der Waals surface area contributed by atoms with E-state index in [4.69, 9.17) is 9.15 Å². The Morgan fingerprint density at radius 1 is 1.03 bits per heavy atom. The van der Waals surface area contributed by atoms with Crippen molar-refractivity contribution in [3.63, 3.8) is 0 Å². The summed E-state index contributed by atoms with van der Waals surface area (Å²) in [5.74, 6) is 1.28. The molecule has 4 aromatic rings. The van der Waals surface area contributed by atoms with Crippen LogP contribution in [0.1, 0.15) is 29.5 Å². The molecule has 0 atom stereocenters. The summed E-state index contributed by atoms with van der Waals surface area (Å²) in [4.78, 5) is 16.8. The molecule has 1 N–H and O–H groups in total. The standard InChI is InChI=1S/C26H24N2O3/c1-3-18-8-14-24-23(16-18)28-26(31-24)17-20-4-10-21(11-5-20)27-25(29)15-9-19-6-12-22(30-2)13-7-19/h4-16H,3,17H2,1-2H3,(H,27,29)/b15-9+. The number of amides is 1. The zero-order chi connectivity index (χ0) is 21.6. The van der Waals surface area contributed by atoms with Gasteiger partial charge in [-0.3, -0.25) is 4.79 Å². The summed E-state index contributed by atoms with van der Waals surface area (Å²) in [6.07, 6.45) is 4.85. The molecule has 5 heteroatoms. The monoisotopic (exact) mass is 412 g/mol. The number of anilines is 1. The van der Waals surface area contributed by atoms with Gasteiger partial charge in [0.25, 0.3) is 0 Å². The van der Waals surface area contributed by atoms with Gasteiger partial charge in [0.15, 0.2) is 11.5 Å². The first-order valence-electron chi connectivity index (χ1n) is 10.2. The number of hydrogen-bond donors (Lipinski definition) is 1. The van der Waals surface area contributed by atoms with Gasteiger partial charge in [-0.2, -0.15) is 0 Å². The highest BCUT2D eigenvalue weighted by molar-refractivity contribution is 6.01. The highest BCUT2D eigenvalue weighted by Gasteiger charge is 2.08. The largest absolute Gasteiger partial charge is 0.497 e. The fourth-order valence-electron chi connectivity index (χ4n) is 3.27. The number of aryl methyl sites for hydroxylation is 1. The third-order valence-corrected chi connectivity index (χ3v) is 5.02. The molecule has 0 aliphatic rings. The molecule has 0 aliphatic carbocycles. The van der Waals surface area contributed by atoms with E-state index >= 15 is 0 Å². The van der Waals surface area contributed by atoms with Crippen molar-refractivity contribution in [1.29, 1.82) is 0 Å². The van der Waals surface area contributed by atoms with Crippen molar-refractivity contribution in [2.45, 2.75) is 19.8 Å². The molecule has 1 aromatic heterocycles. The first-order valence-corrected chi connectivity index (χ1v) is 10.2. The van der Waals surface area contributed by atoms with Crippen molar-refractivity contribution in [1.82, 2.24) is 4.98 Å². The number of ether oxygens (including phenoxy) is 1. The van der Waals surface area contributed by atoms with Gasteiger partial charge in [-0.1, -0.05) is 37.3 Å². The van der Waals surface area contributed by atoms with Crippen LogP contribution in [-0.2, 0) is 17.6 Å². The fraction of sp³-hybridized carbons (Fsp3) is 0.154. The van der Waals surface area contributed by atoms with Crippen LogP contribution in [0.15, 0.2) is 77.2 Å². The zero-order valence-corrected chi connectivity index (χ0v) is 17.6. The van der Waals surface area contributed by atoms with Crippen LogP contribution in [0.4, 0.5) is 5.69 Å². The van der Waals surface area contributed by atoms with Gasteiger partial charge in [0.2, 0.25) is 5.91 Å². The maximum atomic E-state index is 12.2. The van der Waals surface area contributed by atoms with Crippen LogP contribution in [0.2, 0.25) is 0 Å². The number of oxazole rings is 1. The Bertz CT molecular complexity index is 1210. The van der Waals surface area contributed by atoms with Gasteiger partial charge in [-0.15, -0.1) is 0 Å². The van der Waals surface area contributed by atoms with E-state index < -0.39 is 0 Å². The normalized spacial score (nSPS) is 11.2. The minimum absolute atomic E-state index is 0.186. The summed E-state index contributed by atoms with van der Waals surface area (Å²) in [7, 11) is 1.62. The topological polar surface area (TPSA) is 64.4 Å². The molecule has 5 nitrogen and oxygen atoms in total. The summed E-state index contributed by atoms with van der Waals surface area (Å²) in [5.41, 5.74) is 5.66. The van der Waals surface area contributed by atoms with E-state index in [2.05, 4.69) is 29.4 Å². The molecule has 0 aliphatic heterocycles. The Balaban J connectivity index is 1.36. The van der Waals surface area contributed by atoms with Gasteiger partial charge in [0.1, 0.15) is 11.3 Å². The minimum Gasteiger partial charge on any atom is -0.497 e. The smallest absolute Gasteiger partial charge is 0.248 e.